The van der Waals surface area contributed by atoms with Crippen LogP contribution in [0.5, 0.6) is 0 Å². The van der Waals surface area contributed by atoms with E-state index in [9.17, 15) is 0 Å². The van der Waals surface area contributed by atoms with Crippen molar-refractivity contribution >= 4 is 31.9 Å². The molecule has 3 nitrogen and oxygen atoms in total. The van der Waals surface area contributed by atoms with E-state index in [1.54, 1.807) is 0 Å². The highest BCUT2D eigenvalue weighted by atomic mass is 79.9. The molecule has 1 atom stereocenters. The first kappa shape index (κ1) is 14.1. The van der Waals surface area contributed by atoms with E-state index in [2.05, 4.69) is 37.2 Å². The molecule has 0 bridgehead atoms. The van der Waals surface area contributed by atoms with Gasteiger partial charge < -0.3 is 15.5 Å². The lowest BCUT2D eigenvalue weighted by molar-refractivity contribution is 0.334. The average Bonchev–Trinajstić information content (AvgIpc) is 3.26. The zero-order chi connectivity index (χ0) is 13.4. The van der Waals surface area contributed by atoms with Crippen molar-refractivity contribution in [3.63, 3.8) is 0 Å². The number of rotatable bonds is 7. The molecule has 1 unspecified atom stereocenters. The molecule has 2 aliphatic rings. The van der Waals surface area contributed by atoms with Crippen molar-refractivity contribution in [1.29, 1.82) is 0 Å². The van der Waals surface area contributed by atoms with Gasteiger partial charge in [-0.2, -0.15) is 0 Å². The van der Waals surface area contributed by atoms with Crippen LogP contribution in [0.25, 0.3) is 0 Å². The first-order valence-electron chi connectivity index (χ1n) is 7.07. The lowest BCUT2D eigenvalue weighted by Gasteiger charge is -2.20. The number of nitrogens with two attached hydrogens (primary N) is 1. The standard InChI is InChI=1S/C14H20Br2N2O/c15-11-5-13(19-14(11)16)12(6-17)18-7-10(8-1-2-8)9-3-4-9/h5,8-10,12,18H,1-4,6-7,17H2. The Hall–Kier alpha value is 0.160. The Balaban J connectivity index is 1.59. The fourth-order valence-electron chi connectivity index (χ4n) is 2.88. The largest absolute Gasteiger partial charge is 0.451 e. The van der Waals surface area contributed by atoms with Gasteiger partial charge in [-0.15, -0.1) is 0 Å². The summed E-state index contributed by atoms with van der Waals surface area (Å²) in [6, 6.07) is 2.11. The molecule has 2 fully saturated rings. The van der Waals surface area contributed by atoms with Crippen molar-refractivity contribution in [3.8, 4) is 0 Å². The minimum atomic E-state index is 0.114. The van der Waals surface area contributed by atoms with Gasteiger partial charge in [-0.25, -0.2) is 0 Å². The maximum absolute atomic E-state index is 5.88. The normalized spacial score (nSPS) is 21.1. The molecule has 2 aliphatic carbocycles. The molecule has 1 aromatic rings. The maximum atomic E-state index is 5.88. The number of furan rings is 1. The summed E-state index contributed by atoms with van der Waals surface area (Å²) < 4.78 is 7.37. The van der Waals surface area contributed by atoms with Crippen LogP contribution in [0, 0.1) is 17.8 Å². The predicted octanol–water partition coefficient (Wildman–Crippen LogP) is 3.83. The van der Waals surface area contributed by atoms with Crippen LogP contribution < -0.4 is 11.1 Å². The van der Waals surface area contributed by atoms with E-state index in [1.165, 1.54) is 25.7 Å². The topological polar surface area (TPSA) is 51.2 Å². The van der Waals surface area contributed by atoms with Crippen molar-refractivity contribution in [2.45, 2.75) is 31.7 Å². The average molecular weight is 392 g/mol. The molecule has 106 valence electrons. The first-order chi connectivity index (χ1) is 9.19. The van der Waals surface area contributed by atoms with Gasteiger partial charge in [0.25, 0.3) is 0 Å². The van der Waals surface area contributed by atoms with Gasteiger partial charge in [0.15, 0.2) is 4.67 Å². The third-order valence-electron chi connectivity index (χ3n) is 4.30. The van der Waals surface area contributed by atoms with Gasteiger partial charge in [0, 0.05) is 6.54 Å². The fourth-order valence-corrected chi connectivity index (χ4v) is 3.49. The summed E-state index contributed by atoms with van der Waals surface area (Å²) in [5, 5.41) is 3.61. The van der Waals surface area contributed by atoms with Crippen LogP contribution >= 0.6 is 31.9 Å². The Morgan fingerprint density at radius 3 is 2.32 bits per heavy atom. The second-order valence-corrected chi connectivity index (χ2v) is 7.38. The van der Waals surface area contributed by atoms with Gasteiger partial charge in [0.1, 0.15) is 5.76 Å². The highest BCUT2D eigenvalue weighted by Gasteiger charge is 2.41. The van der Waals surface area contributed by atoms with E-state index in [0.29, 0.717) is 6.54 Å². The minimum Gasteiger partial charge on any atom is -0.451 e. The zero-order valence-electron chi connectivity index (χ0n) is 10.9. The van der Waals surface area contributed by atoms with Gasteiger partial charge in [-0.1, -0.05) is 0 Å². The van der Waals surface area contributed by atoms with Crippen LogP contribution in [0.3, 0.4) is 0 Å². The van der Waals surface area contributed by atoms with Crippen LogP contribution in [0.4, 0.5) is 0 Å². The van der Waals surface area contributed by atoms with Crippen molar-refractivity contribution in [2.24, 2.45) is 23.5 Å². The van der Waals surface area contributed by atoms with Crippen LogP contribution in [0.1, 0.15) is 37.5 Å². The smallest absolute Gasteiger partial charge is 0.183 e. The van der Waals surface area contributed by atoms with Gasteiger partial charge in [0.2, 0.25) is 0 Å². The molecule has 3 N–H and O–H groups in total. The summed E-state index contributed by atoms with van der Waals surface area (Å²) in [6.07, 6.45) is 5.70. The maximum Gasteiger partial charge on any atom is 0.183 e. The van der Waals surface area contributed by atoms with Gasteiger partial charge in [0.05, 0.1) is 10.5 Å². The molecule has 5 heteroatoms. The lowest BCUT2D eigenvalue weighted by Crippen LogP contribution is -2.33. The molecule has 1 heterocycles. The molecule has 0 aromatic carbocycles. The summed E-state index contributed by atoms with van der Waals surface area (Å²) >= 11 is 6.83. The van der Waals surface area contributed by atoms with E-state index >= 15 is 0 Å². The molecular weight excluding hydrogens is 372 g/mol. The van der Waals surface area contributed by atoms with Gasteiger partial charge >= 0.3 is 0 Å². The Bertz CT molecular complexity index is 409. The van der Waals surface area contributed by atoms with Crippen molar-refractivity contribution in [2.75, 3.05) is 13.1 Å². The monoisotopic (exact) mass is 390 g/mol. The van der Waals surface area contributed by atoms with Crippen molar-refractivity contribution < 1.29 is 4.42 Å². The molecule has 2 saturated carbocycles. The van der Waals surface area contributed by atoms with E-state index in [1.807, 2.05) is 6.07 Å². The Labute approximate surface area is 130 Å². The fraction of sp³-hybridized carbons (Fsp3) is 0.714. The van der Waals surface area contributed by atoms with Crippen LogP contribution in [0.2, 0.25) is 0 Å². The third kappa shape index (κ3) is 3.43. The molecular formula is C14H20Br2N2O. The Morgan fingerprint density at radius 2 is 1.89 bits per heavy atom. The summed E-state index contributed by atoms with van der Waals surface area (Å²) in [6.45, 7) is 1.64. The third-order valence-corrected chi connectivity index (χ3v) is 6.01. The Morgan fingerprint density at radius 1 is 1.26 bits per heavy atom. The van der Waals surface area contributed by atoms with Crippen LogP contribution in [-0.2, 0) is 0 Å². The summed E-state index contributed by atoms with van der Waals surface area (Å²) in [7, 11) is 0. The van der Waals surface area contributed by atoms with E-state index in [-0.39, 0.29) is 6.04 Å². The molecule has 3 rings (SSSR count). The lowest BCUT2D eigenvalue weighted by atomic mass is 9.97. The van der Waals surface area contributed by atoms with Crippen LogP contribution in [0.15, 0.2) is 19.6 Å². The molecule has 0 radical (unpaired) electrons. The number of hydrogen-bond acceptors (Lipinski definition) is 3. The molecule has 1 aromatic heterocycles. The molecule has 0 aliphatic heterocycles. The SMILES string of the molecule is NCC(NCC(C1CC1)C1CC1)c1cc(Br)c(Br)o1. The summed E-state index contributed by atoms with van der Waals surface area (Å²) in [5.74, 6) is 3.70. The van der Waals surface area contributed by atoms with Crippen molar-refractivity contribution in [1.82, 2.24) is 5.32 Å². The molecule has 0 saturated heterocycles. The van der Waals surface area contributed by atoms with Crippen molar-refractivity contribution in [3.05, 3.63) is 21.0 Å². The highest BCUT2D eigenvalue weighted by Crippen LogP contribution is 2.49. The van der Waals surface area contributed by atoms with Gasteiger partial charge in [-0.05, 0) is 87.9 Å². The zero-order valence-corrected chi connectivity index (χ0v) is 14.0. The Kier molecular flexibility index (Phi) is 4.37. The molecule has 0 spiro atoms. The van der Waals surface area contributed by atoms with Gasteiger partial charge in [-0.3, -0.25) is 0 Å². The minimum absolute atomic E-state index is 0.114. The molecule has 0 amide bonds. The summed E-state index contributed by atoms with van der Waals surface area (Å²) in [5.41, 5.74) is 5.88. The second kappa shape index (κ2) is 5.88. The number of nitrogens with one attached hydrogen (secondary N) is 1. The van der Waals surface area contributed by atoms with E-state index in [0.717, 1.165) is 39.2 Å². The number of halogens is 2. The second-order valence-electron chi connectivity index (χ2n) is 5.81. The quantitative estimate of drug-likeness (QED) is 0.742. The van der Waals surface area contributed by atoms with E-state index in [4.69, 9.17) is 10.2 Å². The predicted molar refractivity (Wildman–Crippen MR) is 82.8 cm³/mol. The van der Waals surface area contributed by atoms with Crippen LogP contribution in [-0.4, -0.2) is 13.1 Å². The molecule has 19 heavy (non-hydrogen) atoms. The summed E-state index contributed by atoms with van der Waals surface area (Å²) in [4.78, 5) is 0. The number of hydrogen-bond donors (Lipinski definition) is 2. The van der Waals surface area contributed by atoms with E-state index < -0.39 is 0 Å². The first-order valence-corrected chi connectivity index (χ1v) is 8.65. The highest BCUT2D eigenvalue weighted by molar-refractivity contribution is 9.13.